The van der Waals surface area contributed by atoms with Gasteiger partial charge in [-0.1, -0.05) is 28.1 Å². The van der Waals surface area contributed by atoms with Crippen molar-refractivity contribution in [2.24, 2.45) is 0 Å². The van der Waals surface area contributed by atoms with E-state index in [2.05, 4.69) is 62.3 Å². The van der Waals surface area contributed by atoms with Crippen LogP contribution in [0.25, 0.3) is 0 Å². The lowest BCUT2D eigenvalue weighted by atomic mass is 10.1. The summed E-state index contributed by atoms with van der Waals surface area (Å²) in [7, 11) is 0. The molecule has 0 fully saturated rings. The molecule has 0 aliphatic carbocycles. The van der Waals surface area contributed by atoms with E-state index >= 15 is 0 Å². The zero-order valence-electron chi connectivity index (χ0n) is 10.7. The van der Waals surface area contributed by atoms with Crippen molar-refractivity contribution in [3.63, 3.8) is 0 Å². The summed E-state index contributed by atoms with van der Waals surface area (Å²) in [5.41, 5.74) is 4.19. The third-order valence-electron chi connectivity index (χ3n) is 2.99. The van der Waals surface area contributed by atoms with Crippen LogP contribution in [0.3, 0.4) is 0 Å². The molecule has 19 heavy (non-hydrogen) atoms. The molecule has 4 heteroatoms. The Morgan fingerprint density at radius 3 is 2.42 bits per heavy atom. The first kappa shape index (κ1) is 14.5. The molecule has 2 aromatic carbocycles. The fourth-order valence-corrected chi connectivity index (χ4v) is 2.66. The summed E-state index contributed by atoms with van der Waals surface area (Å²) < 4.78 is 15.1. The van der Waals surface area contributed by atoms with Crippen molar-refractivity contribution < 1.29 is 4.39 Å². The Morgan fingerprint density at radius 2 is 1.74 bits per heavy atom. The Bertz CT molecular complexity index is 611. The van der Waals surface area contributed by atoms with Gasteiger partial charge in [0.2, 0.25) is 0 Å². The van der Waals surface area contributed by atoms with Crippen LogP contribution >= 0.6 is 31.9 Å². The summed E-state index contributed by atoms with van der Waals surface area (Å²) in [6, 6.07) is 9.51. The normalized spacial score (nSPS) is 10.6. The Hall–Kier alpha value is -0.870. The van der Waals surface area contributed by atoms with Gasteiger partial charge in [0.05, 0.1) is 4.47 Å². The van der Waals surface area contributed by atoms with Gasteiger partial charge in [0.1, 0.15) is 5.82 Å². The van der Waals surface area contributed by atoms with Gasteiger partial charge in [-0.2, -0.15) is 0 Å². The minimum atomic E-state index is -0.252. The van der Waals surface area contributed by atoms with Crippen molar-refractivity contribution in [3.05, 3.63) is 61.8 Å². The van der Waals surface area contributed by atoms with E-state index in [0.29, 0.717) is 11.0 Å². The van der Waals surface area contributed by atoms with Crippen LogP contribution in [0, 0.1) is 19.7 Å². The molecule has 2 aromatic rings. The van der Waals surface area contributed by atoms with E-state index in [1.165, 1.54) is 11.6 Å². The predicted octanol–water partition coefficient (Wildman–Crippen LogP) is 5.58. The maximum atomic E-state index is 13.5. The fraction of sp³-hybridized carbons (Fsp3) is 0.200. The second kappa shape index (κ2) is 6.06. The third kappa shape index (κ3) is 3.57. The number of nitrogens with one attached hydrogen (secondary N) is 1. The van der Waals surface area contributed by atoms with Crippen LogP contribution in [-0.4, -0.2) is 0 Å². The van der Waals surface area contributed by atoms with E-state index in [4.69, 9.17) is 0 Å². The van der Waals surface area contributed by atoms with Gasteiger partial charge in [0.15, 0.2) is 0 Å². The second-order valence-corrected chi connectivity index (χ2v) is 6.23. The van der Waals surface area contributed by atoms with Gasteiger partial charge < -0.3 is 5.32 Å². The van der Waals surface area contributed by atoms with Crippen LogP contribution in [0.1, 0.15) is 16.7 Å². The molecule has 0 amide bonds. The summed E-state index contributed by atoms with van der Waals surface area (Å²) in [5.74, 6) is -0.252. The smallest absolute Gasteiger partial charge is 0.139 e. The maximum absolute atomic E-state index is 13.5. The van der Waals surface area contributed by atoms with Gasteiger partial charge in [0, 0.05) is 16.7 Å². The fourth-order valence-electron chi connectivity index (χ4n) is 1.78. The van der Waals surface area contributed by atoms with Crippen LogP contribution in [0.2, 0.25) is 0 Å². The number of hydrogen-bond donors (Lipinski definition) is 1. The van der Waals surface area contributed by atoms with Crippen molar-refractivity contribution in [1.82, 2.24) is 0 Å². The van der Waals surface area contributed by atoms with Crippen molar-refractivity contribution in [2.75, 3.05) is 5.32 Å². The van der Waals surface area contributed by atoms with E-state index in [1.807, 2.05) is 6.92 Å². The van der Waals surface area contributed by atoms with Crippen LogP contribution in [-0.2, 0) is 6.54 Å². The molecule has 0 atom stereocenters. The standard InChI is InChI=1S/C15H14Br2FN/c1-9-3-4-11(6-12(9)16)8-19-15-7-14(18)13(17)5-10(15)2/h3-7,19H,8H2,1-2H3. The summed E-state index contributed by atoms with van der Waals surface area (Å²) in [4.78, 5) is 0. The van der Waals surface area contributed by atoms with Gasteiger partial charge in [-0.05, 0) is 64.7 Å². The maximum Gasteiger partial charge on any atom is 0.139 e. The van der Waals surface area contributed by atoms with E-state index < -0.39 is 0 Å². The number of rotatable bonds is 3. The Morgan fingerprint density at radius 1 is 1.00 bits per heavy atom. The summed E-state index contributed by atoms with van der Waals surface area (Å²) in [6.07, 6.45) is 0. The number of halogens is 3. The molecule has 1 N–H and O–H groups in total. The van der Waals surface area contributed by atoms with Gasteiger partial charge in [-0.3, -0.25) is 0 Å². The minimum absolute atomic E-state index is 0.252. The predicted molar refractivity (Wildman–Crippen MR) is 85.0 cm³/mol. The van der Waals surface area contributed by atoms with Crippen LogP contribution in [0.15, 0.2) is 39.3 Å². The number of benzene rings is 2. The Kier molecular flexibility index (Phi) is 4.63. The molecule has 0 aromatic heterocycles. The molecule has 100 valence electrons. The molecule has 2 rings (SSSR count). The van der Waals surface area contributed by atoms with E-state index in [1.54, 1.807) is 6.07 Å². The highest BCUT2D eigenvalue weighted by atomic mass is 79.9. The average molecular weight is 387 g/mol. The quantitative estimate of drug-likeness (QED) is 0.725. The third-order valence-corrected chi connectivity index (χ3v) is 4.45. The van der Waals surface area contributed by atoms with E-state index in [0.717, 1.165) is 21.3 Å². The topological polar surface area (TPSA) is 12.0 Å². The molecule has 0 spiro atoms. The molecule has 0 aliphatic heterocycles. The van der Waals surface area contributed by atoms with Gasteiger partial charge in [0.25, 0.3) is 0 Å². The molecule has 0 saturated carbocycles. The van der Waals surface area contributed by atoms with Gasteiger partial charge >= 0.3 is 0 Å². The molecular weight excluding hydrogens is 373 g/mol. The lowest BCUT2D eigenvalue weighted by Gasteiger charge is -2.11. The van der Waals surface area contributed by atoms with E-state index in [9.17, 15) is 4.39 Å². The monoisotopic (exact) mass is 385 g/mol. The highest BCUT2D eigenvalue weighted by molar-refractivity contribution is 9.10. The Balaban J connectivity index is 2.14. The summed E-state index contributed by atoms with van der Waals surface area (Å²) in [5, 5.41) is 3.26. The summed E-state index contributed by atoms with van der Waals surface area (Å²) in [6.45, 7) is 4.67. The number of anilines is 1. The highest BCUT2D eigenvalue weighted by Gasteiger charge is 2.05. The first-order valence-corrected chi connectivity index (χ1v) is 7.50. The zero-order chi connectivity index (χ0) is 14.0. The lowest BCUT2D eigenvalue weighted by molar-refractivity contribution is 0.621. The molecule has 0 radical (unpaired) electrons. The highest BCUT2D eigenvalue weighted by Crippen LogP contribution is 2.25. The van der Waals surface area contributed by atoms with Gasteiger partial charge in [-0.25, -0.2) is 4.39 Å². The van der Waals surface area contributed by atoms with Crippen LogP contribution in [0.4, 0.5) is 10.1 Å². The summed E-state index contributed by atoms with van der Waals surface area (Å²) >= 11 is 6.70. The largest absolute Gasteiger partial charge is 0.381 e. The number of aryl methyl sites for hydroxylation is 2. The van der Waals surface area contributed by atoms with Crippen molar-refractivity contribution in [1.29, 1.82) is 0 Å². The van der Waals surface area contributed by atoms with Crippen LogP contribution in [0.5, 0.6) is 0 Å². The van der Waals surface area contributed by atoms with Crippen molar-refractivity contribution >= 4 is 37.5 Å². The lowest BCUT2D eigenvalue weighted by Crippen LogP contribution is -2.02. The first-order chi connectivity index (χ1) is 8.97. The molecule has 0 saturated heterocycles. The second-order valence-electron chi connectivity index (χ2n) is 4.52. The molecule has 1 nitrogen and oxygen atoms in total. The molecular formula is C15H14Br2FN. The first-order valence-electron chi connectivity index (χ1n) is 5.92. The van der Waals surface area contributed by atoms with E-state index in [-0.39, 0.29) is 5.82 Å². The minimum Gasteiger partial charge on any atom is -0.381 e. The molecule has 0 heterocycles. The van der Waals surface area contributed by atoms with Gasteiger partial charge in [-0.15, -0.1) is 0 Å². The zero-order valence-corrected chi connectivity index (χ0v) is 13.9. The molecule has 0 unspecified atom stereocenters. The number of hydrogen-bond acceptors (Lipinski definition) is 1. The molecule has 0 aliphatic rings. The van der Waals surface area contributed by atoms with Crippen LogP contribution < -0.4 is 5.32 Å². The Labute approximate surface area is 129 Å². The van der Waals surface area contributed by atoms with Crippen molar-refractivity contribution in [3.8, 4) is 0 Å². The average Bonchev–Trinajstić information content (AvgIpc) is 2.36. The van der Waals surface area contributed by atoms with Crippen molar-refractivity contribution in [2.45, 2.75) is 20.4 Å². The molecule has 0 bridgehead atoms. The SMILES string of the molecule is Cc1ccc(CNc2cc(F)c(Br)cc2C)cc1Br.